The maximum absolute atomic E-state index is 13.4. The number of rotatable bonds is 5. The van der Waals surface area contributed by atoms with E-state index in [2.05, 4.69) is 37.2 Å². The van der Waals surface area contributed by atoms with Gasteiger partial charge in [-0.1, -0.05) is 51.3 Å². The molecule has 1 aliphatic heterocycles. The van der Waals surface area contributed by atoms with E-state index in [0.717, 1.165) is 16.5 Å². The minimum atomic E-state index is -4.27. The number of anilines is 1. The van der Waals surface area contributed by atoms with Crippen LogP contribution in [0.2, 0.25) is 5.02 Å². The van der Waals surface area contributed by atoms with Crippen molar-refractivity contribution in [3.8, 4) is 5.75 Å². The highest BCUT2D eigenvalue weighted by Gasteiger charge is 2.38. The van der Waals surface area contributed by atoms with Gasteiger partial charge in [-0.05, 0) is 77.8 Å². The molecule has 3 aromatic carbocycles. The number of carbonyl (C=O) groups is 3. The van der Waals surface area contributed by atoms with Crippen molar-refractivity contribution in [3.05, 3.63) is 90.8 Å². The predicted octanol–water partition coefficient (Wildman–Crippen LogP) is 5.92. The van der Waals surface area contributed by atoms with Crippen molar-refractivity contribution in [2.45, 2.75) is 18.7 Å². The Labute approximate surface area is 234 Å². The molecular weight excluding hydrogens is 652 g/mol. The Bertz CT molecular complexity index is 1600. The van der Waals surface area contributed by atoms with Gasteiger partial charge in [-0.3, -0.25) is 14.9 Å². The van der Waals surface area contributed by atoms with Gasteiger partial charge in [0.15, 0.2) is 5.75 Å². The molecule has 12 heteroatoms. The first-order valence-corrected chi connectivity index (χ1v) is 13.9. The molecule has 4 rings (SSSR count). The quantitative estimate of drug-likeness (QED) is 0.206. The summed E-state index contributed by atoms with van der Waals surface area (Å²) in [6.07, 6.45) is 1.16. The third kappa shape index (κ3) is 5.49. The van der Waals surface area contributed by atoms with Gasteiger partial charge in [0.2, 0.25) is 0 Å². The SMILES string of the molecule is Cc1ccc(S(=O)(=O)Oc2c(Br)cc(Br)cc2/C=C2\C(=O)NC(=O)N(c3cccc(Cl)c3C)C2=O)cc1. The van der Waals surface area contributed by atoms with Gasteiger partial charge in [-0.15, -0.1) is 0 Å². The molecule has 0 spiro atoms. The molecule has 0 bridgehead atoms. The van der Waals surface area contributed by atoms with Crippen LogP contribution in [0.3, 0.4) is 0 Å². The van der Waals surface area contributed by atoms with E-state index in [4.69, 9.17) is 15.8 Å². The second kappa shape index (κ2) is 10.4. The van der Waals surface area contributed by atoms with Crippen molar-refractivity contribution < 1.29 is 27.0 Å². The van der Waals surface area contributed by atoms with Crippen LogP contribution < -0.4 is 14.4 Å². The number of urea groups is 1. The molecule has 4 amide bonds. The van der Waals surface area contributed by atoms with Crippen molar-refractivity contribution in [1.29, 1.82) is 0 Å². The Balaban J connectivity index is 1.81. The molecule has 8 nitrogen and oxygen atoms in total. The van der Waals surface area contributed by atoms with Crippen molar-refractivity contribution in [2.24, 2.45) is 0 Å². The van der Waals surface area contributed by atoms with Crippen LogP contribution in [-0.2, 0) is 19.7 Å². The summed E-state index contributed by atoms with van der Waals surface area (Å²) < 4.78 is 32.2. The molecule has 37 heavy (non-hydrogen) atoms. The molecule has 0 atom stereocenters. The largest absolute Gasteiger partial charge is 0.377 e. The minimum Gasteiger partial charge on any atom is -0.377 e. The number of barbiturate groups is 1. The third-order valence-corrected chi connectivity index (χ3v) is 8.11. The normalized spacial score (nSPS) is 15.2. The van der Waals surface area contributed by atoms with Crippen molar-refractivity contribution in [3.63, 3.8) is 0 Å². The van der Waals surface area contributed by atoms with Gasteiger partial charge in [0.25, 0.3) is 11.8 Å². The molecule has 190 valence electrons. The molecule has 1 fully saturated rings. The Morgan fingerprint density at radius 2 is 1.68 bits per heavy atom. The van der Waals surface area contributed by atoms with Crippen LogP contribution in [0.1, 0.15) is 16.7 Å². The summed E-state index contributed by atoms with van der Waals surface area (Å²) in [4.78, 5) is 39.4. The number of halogens is 3. The Kier molecular flexibility index (Phi) is 7.61. The van der Waals surface area contributed by atoms with E-state index in [0.29, 0.717) is 15.1 Å². The molecule has 0 aliphatic carbocycles. The second-order valence-corrected chi connectivity index (χ2v) is 11.7. The average molecular weight is 669 g/mol. The van der Waals surface area contributed by atoms with Gasteiger partial charge in [0.05, 0.1) is 10.2 Å². The summed E-state index contributed by atoms with van der Waals surface area (Å²) in [5.74, 6) is -2.02. The van der Waals surface area contributed by atoms with Crippen molar-refractivity contribution in [1.82, 2.24) is 5.32 Å². The third-order valence-electron chi connectivity index (χ3n) is 5.42. The fourth-order valence-corrected chi connectivity index (χ4v) is 6.10. The molecule has 0 unspecified atom stereocenters. The first-order chi connectivity index (χ1) is 17.4. The predicted molar refractivity (Wildman–Crippen MR) is 146 cm³/mol. The lowest BCUT2D eigenvalue weighted by atomic mass is 10.1. The van der Waals surface area contributed by atoms with Crippen LogP contribution in [0.25, 0.3) is 6.08 Å². The van der Waals surface area contributed by atoms with Crippen molar-refractivity contribution >= 4 is 83.2 Å². The van der Waals surface area contributed by atoms with Gasteiger partial charge < -0.3 is 4.18 Å². The van der Waals surface area contributed by atoms with Gasteiger partial charge in [-0.25, -0.2) is 9.69 Å². The standard InChI is InChI=1S/C25H17Br2ClN2O6S/c1-13-6-8-17(9-7-13)37(34,35)36-22-15(10-16(26)12-19(22)27)11-18-23(31)29-25(33)30(24(18)32)21-5-3-4-20(28)14(21)2/h3-12H,1-2H3,(H,29,31,33)/b18-11+. The first-order valence-electron chi connectivity index (χ1n) is 10.6. The Hall–Kier alpha value is -2.99. The zero-order chi connectivity index (χ0) is 27.1. The number of amides is 4. The van der Waals surface area contributed by atoms with Gasteiger partial charge >= 0.3 is 16.1 Å². The number of hydrogen-bond acceptors (Lipinski definition) is 6. The molecule has 1 heterocycles. The van der Waals surface area contributed by atoms with Gasteiger partial charge in [-0.2, -0.15) is 8.42 Å². The van der Waals surface area contributed by atoms with Crippen molar-refractivity contribution in [2.75, 3.05) is 4.90 Å². The van der Waals surface area contributed by atoms with Crippen LogP contribution in [0.15, 0.2) is 74.0 Å². The summed E-state index contributed by atoms with van der Waals surface area (Å²) in [5, 5.41) is 2.46. The molecule has 1 saturated heterocycles. The summed E-state index contributed by atoms with van der Waals surface area (Å²) in [7, 11) is -4.27. The van der Waals surface area contributed by atoms with Crippen LogP contribution >= 0.6 is 43.5 Å². The van der Waals surface area contributed by atoms with Crippen LogP contribution in [-0.4, -0.2) is 26.3 Å². The lowest BCUT2D eigenvalue weighted by Gasteiger charge is -2.28. The smallest absolute Gasteiger partial charge is 0.339 e. The van der Waals surface area contributed by atoms with Crippen LogP contribution in [0.5, 0.6) is 5.75 Å². The fourth-order valence-electron chi connectivity index (χ4n) is 3.51. The van der Waals surface area contributed by atoms with Gasteiger partial charge in [0.1, 0.15) is 10.5 Å². The number of carbonyl (C=O) groups excluding carboxylic acids is 3. The van der Waals surface area contributed by atoms with E-state index >= 15 is 0 Å². The summed E-state index contributed by atoms with van der Waals surface area (Å²) >= 11 is 12.8. The zero-order valence-electron chi connectivity index (χ0n) is 19.2. The number of nitrogens with zero attached hydrogens (tertiary/aromatic N) is 1. The average Bonchev–Trinajstić information content (AvgIpc) is 2.81. The number of nitrogens with one attached hydrogen (secondary N) is 1. The summed E-state index contributed by atoms with van der Waals surface area (Å²) in [6.45, 7) is 3.45. The number of hydrogen-bond donors (Lipinski definition) is 1. The summed E-state index contributed by atoms with van der Waals surface area (Å²) in [6, 6.07) is 12.9. The highest BCUT2D eigenvalue weighted by molar-refractivity contribution is 9.11. The monoisotopic (exact) mass is 666 g/mol. The van der Waals surface area contributed by atoms with E-state index in [-0.39, 0.29) is 26.4 Å². The molecular formula is C25H17Br2ClN2O6S. The van der Waals surface area contributed by atoms with E-state index < -0.39 is 33.5 Å². The molecule has 0 radical (unpaired) electrons. The Morgan fingerprint density at radius 1 is 1.00 bits per heavy atom. The fraction of sp³-hybridized carbons (Fsp3) is 0.0800. The Morgan fingerprint density at radius 3 is 2.35 bits per heavy atom. The van der Waals surface area contributed by atoms with Gasteiger partial charge in [0, 0.05) is 15.1 Å². The highest BCUT2D eigenvalue weighted by Crippen LogP contribution is 2.37. The first kappa shape index (κ1) is 27.1. The van der Waals surface area contributed by atoms with E-state index in [9.17, 15) is 22.8 Å². The van der Waals surface area contributed by atoms with Crippen LogP contribution in [0.4, 0.5) is 10.5 Å². The number of aryl methyl sites for hydroxylation is 1. The molecule has 0 aromatic heterocycles. The van der Waals surface area contributed by atoms with E-state index in [1.54, 1.807) is 37.3 Å². The lowest BCUT2D eigenvalue weighted by molar-refractivity contribution is -0.122. The van der Waals surface area contributed by atoms with E-state index in [1.807, 2.05) is 6.92 Å². The maximum atomic E-state index is 13.4. The number of imide groups is 2. The highest BCUT2D eigenvalue weighted by atomic mass is 79.9. The molecule has 0 saturated carbocycles. The topological polar surface area (TPSA) is 110 Å². The molecule has 1 N–H and O–H groups in total. The molecule has 1 aliphatic rings. The lowest BCUT2D eigenvalue weighted by Crippen LogP contribution is -2.54. The minimum absolute atomic E-state index is 0.0776. The summed E-state index contributed by atoms with van der Waals surface area (Å²) in [5.41, 5.74) is 1.20. The van der Waals surface area contributed by atoms with Crippen LogP contribution in [0, 0.1) is 13.8 Å². The van der Waals surface area contributed by atoms with E-state index in [1.165, 1.54) is 24.3 Å². The maximum Gasteiger partial charge on any atom is 0.339 e. The second-order valence-electron chi connectivity index (χ2n) is 8.00. The number of benzene rings is 3. The molecule has 3 aromatic rings. The zero-order valence-corrected chi connectivity index (χ0v) is 24.0.